The van der Waals surface area contributed by atoms with Crippen molar-refractivity contribution in [3.8, 4) is 11.5 Å². The standard InChI is InChI=1S/C38H54O2S/c1-23(2)24-15-17-27(18-16-24)41-34(25-19-28(35(3,4)5)32(39)29(20-25)36(6,7)8)26-21-30(37(9,10)11)33(40)31(22-26)38(12,13)14/h15-23,34,39-40H,1-14H3. The summed E-state index contributed by atoms with van der Waals surface area (Å²) in [6.45, 7) is 30.5. The van der Waals surface area contributed by atoms with Crippen molar-refractivity contribution in [1.82, 2.24) is 0 Å². The van der Waals surface area contributed by atoms with Crippen molar-refractivity contribution in [2.45, 2.75) is 135 Å². The molecule has 0 unspecified atom stereocenters. The van der Waals surface area contributed by atoms with Crippen LogP contribution in [0.5, 0.6) is 11.5 Å². The Morgan fingerprint density at radius 1 is 0.488 bits per heavy atom. The van der Waals surface area contributed by atoms with Crippen LogP contribution in [0.4, 0.5) is 0 Å². The van der Waals surface area contributed by atoms with Crippen LogP contribution in [0.1, 0.15) is 147 Å². The molecule has 0 atom stereocenters. The van der Waals surface area contributed by atoms with Crippen LogP contribution in [0.25, 0.3) is 0 Å². The number of aromatic hydroxyl groups is 2. The van der Waals surface area contributed by atoms with Crippen molar-refractivity contribution < 1.29 is 10.2 Å². The first-order valence-corrected chi connectivity index (χ1v) is 15.9. The molecule has 0 bridgehead atoms. The van der Waals surface area contributed by atoms with Crippen molar-refractivity contribution >= 4 is 11.8 Å². The highest BCUT2D eigenvalue weighted by Gasteiger charge is 2.32. The van der Waals surface area contributed by atoms with Crippen LogP contribution < -0.4 is 0 Å². The maximum atomic E-state index is 11.5. The predicted molar refractivity (Wildman–Crippen MR) is 179 cm³/mol. The van der Waals surface area contributed by atoms with Crippen LogP contribution in [-0.4, -0.2) is 10.2 Å². The van der Waals surface area contributed by atoms with Gasteiger partial charge in [0, 0.05) is 4.90 Å². The summed E-state index contributed by atoms with van der Waals surface area (Å²) in [7, 11) is 0. The third-order valence-corrected chi connectivity index (χ3v) is 9.23. The first-order chi connectivity index (χ1) is 18.5. The highest BCUT2D eigenvalue weighted by molar-refractivity contribution is 7.99. The molecule has 2 N–H and O–H groups in total. The fourth-order valence-corrected chi connectivity index (χ4v) is 6.41. The van der Waals surface area contributed by atoms with Gasteiger partial charge in [-0.3, -0.25) is 0 Å². The van der Waals surface area contributed by atoms with Gasteiger partial charge in [0.25, 0.3) is 0 Å². The molecule has 0 spiro atoms. The molecule has 0 aliphatic carbocycles. The van der Waals surface area contributed by atoms with Crippen molar-refractivity contribution in [3.05, 3.63) is 87.5 Å². The Bertz CT molecular complexity index is 1220. The quantitative estimate of drug-likeness (QED) is 0.298. The van der Waals surface area contributed by atoms with Gasteiger partial charge in [0.1, 0.15) is 11.5 Å². The molecule has 0 heterocycles. The Morgan fingerprint density at radius 3 is 1.02 bits per heavy atom. The molecule has 0 saturated heterocycles. The number of hydrogen-bond donors (Lipinski definition) is 2. The highest BCUT2D eigenvalue weighted by atomic mass is 32.2. The normalized spacial score (nSPS) is 13.4. The SMILES string of the molecule is CC(C)c1ccc(SC(c2cc(C(C)(C)C)c(O)c(C(C)(C)C)c2)c2cc(C(C)(C)C)c(O)c(C(C)(C)C)c2)cc1. The first kappa shape index (κ1) is 33.1. The zero-order chi connectivity index (χ0) is 31.3. The summed E-state index contributed by atoms with van der Waals surface area (Å²) in [5.41, 5.74) is 6.62. The average molecular weight is 575 g/mol. The van der Waals surface area contributed by atoms with Crippen LogP contribution in [0.2, 0.25) is 0 Å². The number of thioether (sulfide) groups is 1. The van der Waals surface area contributed by atoms with Gasteiger partial charge in [-0.05, 0) is 78.7 Å². The van der Waals surface area contributed by atoms with Crippen molar-refractivity contribution in [1.29, 1.82) is 0 Å². The second kappa shape index (κ2) is 11.4. The molecule has 224 valence electrons. The van der Waals surface area contributed by atoms with Crippen LogP contribution in [-0.2, 0) is 21.7 Å². The topological polar surface area (TPSA) is 40.5 Å². The third-order valence-electron chi connectivity index (χ3n) is 7.90. The molecule has 0 aliphatic rings. The highest BCUT2D eigenvalue weighted by Crippen LogP contribution is 2.49. The maximum Gasteiger partial charge on any atom is 0.123 e. The van der Waals surface area contributed by atoms with Gasteiger partial charge in [-0.1, -0.05) is 133 Å². The largest absolute Gasteiger partial charge is 0.507 e. The minimum Gasteiger partial charge on any atom is -0.507 e. The Kier molecular flexibility index (Phi) is 9.18. The van der Waals surface area contributed by atoms with Gasteiger partial charge in [-0.25, -0.2) is 0 Å². The van der Waals surface area contributed by atoms with Crippen LogP contribution >= 0.6 is 11.8 Å². The molecule has 3 heteroatoms. The summed E-state index contributed by atoms with van der Waals surface area (Å²) in [6, 6.07) is 17.8. The summed E-state index contributed by atoms with van der Waals surface area (Å²) < 4.78 is 0. The number of phenolic OH excluding ortho intramolecular Hbond substituents is 2. The lowest BCUT2D eigenvalue weighted by atomic mass is 9.76. The molecule has 0 radical (unpaired) electrons. The molecule has 0 aliphatic heterocycles. The van der Waals surface area contributed by atoms with E-state index in [-0.39, 0.29) is 26.9 Å². The monoisotopic (exact) mass is 574 g/mol. The summed E-state index contributed by atoms with van der Waals surface area (Å²) >= 11 is 1.84. The molecule has 3 aromatic carbocycles. The molecule has 0 saturated carbocycles. The zero-order valence-electron chi connectivity index (χ0n) is 28.1. The lowest BCUT2D eigenvalue weighted by Crippen LogP contribution is -2.20. The molecule has 41 heavy (non-hydrogen) atoms. The van der Waals surface area contributed by atoms with Gasteiger partial charge in [-0.2, -0.15) is 0 Å². The summed E-state index contributed by atoms with van der Waals surface area (Å²) in [5, 5.41) is 23.0. The molecule has 0 fully saturated rings. The van der Waals surface area contributed by atoms with Crippen molar-refractivity contribution in [2.75, 3.05) is 0 Å². The molecule has 2 nitrogen and oxygen atoms in total. The van der Waals surface area contributed by atoms with E-state index in [0.717, 1.165) is 22.3 Å². The van der Waals surface area contributed by atoms with E-state index < -0.39 is 0 Å². The lowest BCUT2D eigenvalue weighted by molar-refractivity contribution is 0.422. The van der Waals surface area contributed by atoms with E-state index in [1.165, 1.54) is 21.6 Å². The Balaban J connectivity index is 2.41. The summed E-state index contributed by atoms with van der Waals surface area (Å²) in [6.07, 6.45) is 0. The minimum absolute atomic E-state index is 0.0366. The van der Waals surface area contributed by atoms with Gasteiger partial charge in [0.2, 0.25) is 0 Å². The first-order valence-electron chi connectivity index (χ1n) is 15.0. The Hall–Kier alpha value is -2.39. The fourth-order valence-electron chi connectivity index (χ4n) is 5.30. The Morgan fingerprint density at radius 2 is 0.780 bits per heavy atom. The number of hydrogen-bond acceptors (Lipinski definition) is 3. The predicted octanol–water partition coefficient (Wildman–Crippen LogP) is 11.3. The number of rotatable bonds is 5. The third kappa shape index (κ3) is 7.53. The molecule has 0 amide bonds. The van der Waals surface area contributed by atoms with Gasteiger partial charge >= 0.3 is 0 Å². The molecule has 3 aromatic rings. The van der Waals surface area contributed by atoms with E-state index in [1.807, 2.05) is 11.8 Å². The van der Waals surface area contributed by atoms with Gasteiger partial charge in [0.15, 0.2) is 0 Å². The van der Waals surface area contributed by atoms with E-state index in [4.69, 9.17) is 0 Å². The second-order valence-electron chi connectivity index (χ2n) is 16.2. The van der Waals surface area contributed by atoms with Crippen LogP contribution in [0, 0.1) is 0 Å². The van der Waals surface area contributed by atoms with Gasteiger partial charge < -0.3 is 10.2 Å². The number of benzene rings is 3. The van der Waals surface area contributed by atoms with Gasteiger partial charge in [0.05, 0.1) is 5.25 Å². The Labute approximate surface area is 255 Å². The second-order valence-corrected chi connectivity index (χ2v) is 17.3. The zero-order valence-corrected chi connectivity index (χ0v) is 28.9. The molecule has 0 aromatic heterocycles. The molecule has 3 rings (SSSR count). The van der Waals surface area contributed by atoms with Crippen LogP contribution in [0.15, 0.2) is 53.4 Å². The minimum atomic E-state index is -0.226. The number of phenols is 2. The van der Waals surface area contributed by atoms with E-state index >= 15 is 0 Å². The summed E-state index contributed by atoms with van der Waals surface area (Å²) in [5.74, 6) is 1.27. The molecular weight excluding hydrogens is 520 g/mol. The van der Waals surface area contributed by atoms with Crippen molar-refractivity contribution in [2.24, 2.45) is 0 Å². The maximum absolute atomic E-state index is 11.5. The van der Waals surface area contributed by atoms with Crippen LogP contribution in [0.3, 0.4) is 0 Å². The van der Waals surface area contributed by atoms with Gasteiger partial charge in [-0.15, -0.1) is 11.8 Å². The van der Waals surface area contributed by atoms with E-state index in [2.05, 4.69) is 145 Å². The van der Waals surface area contributed by atoms with E-state index in [0.29, 0.717) is 17.4 Å². The van der Waals surface area contributed by atoms with E-state index in [1.54, 1.807) is 0 Å². The smallest absolute Gasteiger partial charge is 0.123 e. The fraction of sp³-hybridized carbons (Fsp3) is 0.526. The average Bonchev–Trinajstić information content (AvgIpc) is 2.80. The van der Waals surface area contributed by atoms with E-state index in [9.17, 15) is 10.2 Å². The summed E-state index contributed by atoms with van der Waals surface area (Å²) in [4.78, 5) is 1.20. The lowest BCUT2D eigenvalue weighted by Gasteiger charge is -2.32. The van der Waals surface area contributed by atoms with Crippen molar-refractivity contribution in [3.63, 3.8) is 0 Å². The molecular formula is C38H54O2S.